The predicted octanol–water partition coefficient (Wildman–Crippen LogP) is 2.93. The molecule has 1 atom stereocenters. The van der Waals surface area contributed by atoms with Gasteiger partial charge in [0.1, 0.15) is 0 Å². The first-order valence-corrected chi connectivity index (χ1v) is 4.62. The Morgan fingerprint density at radius 3 is 2.42 bits per heavy atom. The van der Waals surface area contributed by atoms with Crippen LogP contribution < -0.4 is 0 Å². The Morgan fingerprint density at radius 2 is 2.00 bits per heavy atom. The molecule has 0 heterocycles. The van der Waals surface area contributed by atoms with Crippen LogP contribution in [0.3, 0.4) is 0 Å². The molecule has 1 aliphatic rings. The first kappa shape index (κ1) is 9.53. The SMILES string of the molecule is C=CCC1(CC=C)CC1OCC. The van der Waals surface area contributed by atoms with Crippen LogP contribution in [0.1, 0.15) is 26.2 Å². The zero-order chi connectivity index (χ0) is 9.03. The van der Waals surface area contributed by atoms with Crippen molar-refractivity contribution in [1.82, 2.24) is 0 Å². The molecule has 1 saturated carbocycles. The second-order valence-corrected chi connectivity index (χ2v) is 3.50. The molecule has 0 aromatic carbocycles. The molecule has 0 aromatic rings. The fourth-order valence-corrected chi connectivity index (χ4v) is 1.83. The first-order chi connectivity index (χ1) is 5.79. The zero-order valence-electron chi connectivity index (χ0n) is 7.88. The van der Waals surface area contributed by atoms with Gasteiger partial charge < -0.3 is 4.74 Å². The average molecular weight is 166 g/mol. The third kappa shape index (κ3) is 1.78. The molecule has 1 heteroatoms. The molecule has 0 spiro atoms. The number of rotatable bonds is 6. The lowest BCUT2D eigenvalue weighted by atomic mass is 9.98. The highest BCUT2D eigenvalue weighted by atomic mass is 16.5. The number of ether oxygens (including phenoxy) is 1. The van der Waals surface area contributed by atoms with E-state index in [2.05, 4.69) is 13.2 Å². The van der Waals surface area contributed by atoms with Gasteiger partial charge in [0.05, 0.1) is 6.10 Å². The molecule has 0 aromatic heterocycles. The van der Waals surface area contributed by atoms with E-state index in [9.17, 15) is 0 Å². The summed E-state index contributed by atoms with van der Waals surface area (Å²) in [6, 6.07) is 0. The lowest BCUT2D eigenvalue weighted by Gasteiger charge is -2.11. The van der Waals surface area contributed by atoms with E-state index in [1.165, 1.54) is 6.42 Å². The highest BCUT2D eigenvalue weighted by Gasteiger charge is 2.52. The summed E-state index contributed by atoms with van der Waals surface area (Å²) in [5, 5.41) is 0. The Bertz CT molecular complexity index is 162. The lowest BCUT2D eigenvalue weighted by Crippen LogP contribution is -2.07. The van der Waals surface area contributed by atoms with E-state index in [-0.39, 0.29) is 0 Å². The summed E-state index contributed by atoms with van der Waals surface area (Å²) in [5.41, 5.74) is 0.361. The normalized spacial score (nSPS) is 24.9. The maximum absolute atomic E-state index is 5.58. The minimum Gasteiger partial charge on any atom is -0.378 e. The van der Waals surface area contributed by atoms with Gasteiger partial charge in [-0.2, -0.15) is 0 Å². The van der Waals surface area contributed by atoms with Gasteiger partial charge in [-0.1, -0.05) is 12.2 Å². The summed E-state index contributed by atoms with van der Waals surface area (Å²) >= 11 is 0. The Hall–Kier alpha value is -0.560. The highest BCUT2D eigenvalue weighted by molar-refractivity contribution is 5.09. The fraction of sp³-hybridized carbons (Fsp3) is 0.636. The first-order valence-electron chi connectivity index (χ1n) is 4.62. The summed E-state index contributed by atoms with van der Waals surface area (Å²) in [7, 11) is 0. The summed E-state index contributed by atoms with van der Waals surface area (Å²) in [4.78, 5) is 0. The summed E-state index contributed by atoms with van der Waals surface area (Å²) < 4.78 is 5.58. The Balaban J connectivity index is 2.42. The van der Waals surface area contributed by atoms with Crippen LogP contribution in [0.15, 0.2) is 25.3 Å². The zero-order valence-corrected chi connectivity index (χ0v) is 7.88. The molecular formula is C11H18O. The molecule has 0 amide bonds. The van der Waals surface area contributed by atoms with Gasteiger partial charge >= 0.3 is 0 Å². The second-order valence-electron chi connectivity index (χ2n) is 3.50. The molecule has 68 valence electrons. The van der Waals surface area contributed by atoms with Crippen LogP contribution >= 0.6 is 0 Å². The van der Waals surface area contributed by atoms with Crippen molar-refractivity contribution in [2.45, 2.75) is 32.3 Å². The molecule has 0 aliphatic heterocycles. The number of allylic oxidation sites excluding steroid dienone is 2. The minimum atomic E-state index is 0.361. The van der Waals surface area contributed by atoms with Crippen molar-refractivity contribution in [3.05, 3.63) is 25.3 Å². The molecule has 1 nitrogen and oxygen atoms in total. The monoisotopic (exact) mass is 166 g/mol. The molecule has 0 bridgehead atoms. The molecule has 0 N–H and O–H groups in total. The van der Waals surface area contributed by atoms with Crippen molar-refractivity contribution in [3.8, 4) is 0 Å². The van der Waals surface area contributed by atoms with Gasteiger partial charge in [0.2, 0.25) is 0 Å². The Kier molecular flexibility index (Phi) is 3.10. The standard InChI is InChI=1S/C11H18O/c1-4-7-11(8-5-2)9-10(11)12-6-3/h4-5,10H,1-2,6-9H2,3H3. The Labute approximate surface area is 75.1 Å². The van der Waals surface area contributed by atoms with Crippen molar-refractivity contribution in [2.75, 3.05) is 6.61 Å². The van der Waals surface area contributed by atoms with Crippen LogP contribution in [0, 0.1) is 5.41 Å². The minimum absolute atomic E-state index is 0.361. The van der Waals surface area contributed by atoms with Crippen LogP contribution in [0.2, 0.25) is 0 Å². The molecule has 1 rings (SSSR count). The quantitative estimate of drug-likeness (QED) is 0.551. The molecule has 0 radical (unpaired) electrons. The van der Waals surface area contributed by atoms with Crippen LogP contribution in [0.5, 0.6) is 0 Å². The van der Waals surface area contributed by atoms with Crippen LogP contribution in [-0.2, 0) is 4.74 Å². The van der Waals surface area contributed by atoms with Crippen LogP contribution in [-0.4, -0.2) is 12.7 Å². The van der Waals surface area contributed by atoms with Crippen LogP contribution in [0.25, 0.3) is 0 Å². The lowest BCUT2D eigenvalue weighted by molar-refractivity contribution is 0.101. The largest absolute Gasteiger partial charge is 0.378 e. The number of hydrogen-bond acceptors (Lipinski definition) is 1. The van der Waals surface area contributed by atoms with E-state index in [0.717, 1.165) is 19.4 Å². The maximum atomic E-state index is 5.58. The summed E-state index contributed by atoms with van der Waals surface area (Å²) in [6.07, 6.45) is 7.73. The fourth-order valence-electron chi connectivity index (χ4n) is 1.83. The van der Waals surface area contributed by atoms with Gasteiger partial charge in [0, 0.05) is 12.0 Å². The van der Waals surface area contributed by atoms with E-state index < -0.39 is 0 Å². The molecular weight excluding hydrogens is 148 g/mol. The van der Waals surface area contributed by atoms with Gasteiger partial charge in [-0.3, -0.25) is 0 Å². The van der Waals surface area contributed by atoms with Gasteiger partial charge in [0.15, 0.2) is 0 Å². The van der Waals surface area contributed by atoms with Gasteiger partial charge in [-0.05, 0) is 26.2 Å². The van der Waals surface area contributed by atoms with Crippen molar-refractivity contribution in [3.63, 3.8) is 0 Å². The second kappa shape index (κ2) is 3.90. The third-order valence-corrected chi connectivity index (χ3v) is 2.58. The van der Waals surface area contributed by atoms with Gasteiger partial charge in [-0.25, -0.2) is 0 Å². The molecule has 1 aliphatic carbocycles. The maximum Gasteiger partial charge on any atom is 0.0644 e. The average Bonchev–Trinajstić information content (AvgIpc) is 2.66. The van der Waals surface area contributed by atoms with Gasteiger partial charge in [0.25, 0.3) is 0 Å². The van der Waals surface area contributed by atoms with E-state index >= 15 is 0 Å². The summed E-state index contributed by atoms with van der Waals surface area (Å²) in [5.74, 6) is 0. The summed E-state index contributed by atoms with van der Waals surface area (Å²) in [6.45, 7) is 10.4. The Morgan fingerprint density at radius 1 is 1.42 bits per heavy atom. The number of hydrogen-bond donors (Lipinski definition) is 0. The van der Waals surface area contributed by atoms with E-state index in [1.54, 1.807) is 0 Å². The molecule has 1 fully saturated rings. The molecule has 12 heavy (non-hydrogen) atoms. The molecule has 1 unspecified atom stereocenters. The predicted molar refractivity (Wildman–Crippen MR) is 52.1 cm³/mol. The van der Waals surface area contributed by atoms with Crippen LogP contribution in [0.4, 0.5) is 0 Å². The van der Waals surface area contributed by atoms with Gasteiger partial charge in [-0.15, -0.1) is 13.2 Å². The van der Waals surface area contributed by atoms with E-state index in [4.69, 9.17) is 4.74 Å². The van der Waals surface area contributed by atoms with Crippen molar-refractivity contribution in [1.29, 1.82) is 0 Å². The van der Waals surface area contributed by atoms with E-state index in [0.29, 0.717) is 11.5 Å². The van der Waals surface area contributed by atoms with Crippen molar-refractivity contribution >= 4 is 0 Å². The van der Waals surface area contributed by atoms with E-state index in [1.807, 2.05) is 19.1 Å². The van der Waals surface area contributed by atoms with Crippen molar-refractivity contribution < 1.29 is 4.74 Å². The van der Waals surface area contributed by atoms with Crippen molar-refractivity contribution in [2.24, 2.45) is 5.41 Å². The topological polar surface area (TPSA) is 9.23 Å². The molecule has 0 saturated heterocycles. The highest BCUT2D eigenvalue weighted by Crippen LogP contribution is 2.54. The third-order valence-electron chi connectivity index (χ3n) is 2.58. The smallest absolute Gasteiger partial charge is 0.0644 e.